The monoisotopic (exact) mass is 281 g/mol. The Morgan fingerprint density at radius 1 is 1.29 bits per heavy atom. The molecule has 3 rings (SSSR count). The summed E-state index contributed by atoms with van der Waals surface area (Å²) in [6.45, 7) is 2.25. The molecule has 0 bridgehead atoms. The number of amides is 2. The zero-order valence-electron chi connectivity index (χ0n) is 11.7. The zero-order chi connectivity index (χ0) is 14.8. The number of hydrogen-bond donors (Lipinski definition) is 1. The first-order valence-corrected chi connectivity index (χ1v) is 6.77. The van der Waals surface area contributed by atoms with Crippen LogP contribution in [0.25, 0.3) is 0 Å². The fourth-order valence-electron chi connectivity index (χ4n) is 2.48. The van der Waals surface area contributed by atoms with Crippen molar-refractivity contribution in [3.8, 4) is 0 Å². The third kappa shape index (κ3) is 2.63. The van der Waals surface area contributed by atoms with Crippen LogP contribution in [0.4, 0.5) is 11.4 Å². The van der Waals surface area contributed by atoms with Crippen LogP contribution in [0.15, 0.2) is 42.7 Å². The Kier molecular flexibility index (Phi) is 3.39. The maximum absolute atomic E-state index is 12.1. The van der Waals surface area contributed by atoms with Crippen LogP contribution in [-0.2, 0) is 11.2 Å². The minimum absolute atomic E-state index is 0.0180. The van der Waals surface area contributed by atoms with E-state index in [0.717, 1.165) is 17.7 Å². The van der Waals surface area contributed by atoms with E-state index in [9.17, 15) is 9.59 Å². The van der Waals surface area contributed by atoms with Gasteiger partial charge in [-0.25, -0.2) is 0 Å². The van der Waals surface area contributed by atoms with E-state index >= 15 is 0 Å². The molecule has 0 radical (unpaired) electrons. The topological polar surface area (TPSA) is 62.3 Å². The normalized spacial score (nSPS) is 12.9. The summed E-state index contributed by atoms with van der Waals surface area (Å²) in [6, 6.07) is 9.08. The maximum Gasteiger partial charge on any atom is 0.257 e. The largest absolute Gasteiger partial charge is 0.322 e. The lowest BCUT2D eigenvalue weighted by Gasteiger charge is -2.15. The highest BCUT2D eigenvalue weighted by Gasteiger charge is 2.22. The van der Waals surface area contributed by atoms with Gasteiger partial charge < -0.3 is 10.2 Å². The summed E-state index contributed by atoms with van der Waals surface area (Å²) >= 11 is 0. The summed E-state index contributed by atoms with van der Waals surface area (Å²) < 4.78 is 0. The van der Waals surface area contributed by atoms with E-state index in [0.29, 0.717) is 17.8 Å². The number of aromatic nitrogens is 1. The first kappa shape index (κ1) is 13.3. The van der Waals surface area contributed by atoms with Crippen LogP contribution in [0, 0.1) is 0 Å². The molecule has 2 amide bonds. The van der Waals surface area contributed by atoms with Gasteiger partial charge in [0.05, 0.1) is 5.56 Å². The second-order valence-electron chi connectivity index (χ2n) is 4.96. The Bertz CT molecular complexity index is 698. The number of fused-ring (bicyclic) bond motifs is 1. The van der Waals surface area contributed by atoms with Gasteiger partial charge in [0, 0.05) is 37.2 Å². The van der Waals surface area contributed by atoms with Gasteiger partial charge in [0.15, 0.2) is 0 Å². The van der Waals surface area contributed by atoms with Gasteiger partial charge in [-0.2, -0.15) is 0 Å². The van der Waals surface area contributed by atoms with Crippen molar-refractivity contribution in [3.05, 3.63) is 53.9 Å². The molecule has 1 aromatic heterocycles. The summed E-state index contributed by atoms with van der Waals surface area (Å²) in [5, 5.41) is 2.83. The van der Waals surface area contributed by atoms with Crippen LogP contribution >= 0.6 is 0 Å². The lowest BCUT2D eigenvalue weighted by Crippen LogP contribution is -2.25. The number of carbonyl (C=O) groups is 2. The van der Waals surface area contributed by atoms with Gasteiger partial charge >= 0.3 is 0 Å². The molecular formula is C16H15N3O2. The maximum atomic E-state index is 12.1. The Balaban J connectivity index is 1.83. The Hall–Kier alpha value is -2.69. The molecule has 106 valence electrons. The molecule has 0 saturated carbocycles. The number of nitrogens with zero attached hydrogens (tertiary/aromatic N) is 2. The van der Waals surface area contributed by atoms with Gasteiger partial charge in [-0.05, 0) is 36.2 Å². The van der Waals surface area contributed by atoms with Crippen molar-refractivity contribution in [2.75, 3.05) is 16.8 Å². The first-order valence-electron chi connectivity index (χ1n) is 6.77. The molecule has 0 spiro atoms. The SMILES string of the molecule is CC(=O)N1CCc2ccc(NC(=O)c3cccnc3)cc21. The molecule has 1 N–H and O–H groups in total. The Labute approximate surface area is 122 Å². The molecule has 5 nitrogen and oxygen atoms in total. The number of nitrogens with one attached hydrogen (secondary N) is 1. The standard InChI is InChI=1S/C16H15N3O2/c1-11(20)19-8-6-12-4-5-14(9-15(12)19)18-16(21)13-3-2-7-17-10-13/h2-5,7,9-10H,6,8H2,1H3,(H,18,21). The van der Waals surface area contributed by atoms with Gasteiger partial charge in [0.25, 0.3) is 5.91 Å². The molecule has 0 aliphatic carbocycles. The van der Waals surface area contributed by atoms with Crippen molar-refractivity contribution >= 4 is 23.2 Å². The minimum Gasteiger partial charge on any atom is -0.322 e. The number of pyridine rings is 1. The van der Waals surface area contributed by atoms with E-state index < -0.39 is 0 Å². The minimum atomic E-state index is -0.213. The van der Waals surface area contributed by atoms with Crippen LogP contribution < -0.4 is 10.2 Å². The van der Waals surface area contributed by atoms with E-state index in [-0.39, 0.29) is 11.8 Å². The van der Waals surface area contributed by atoms with Crippen LogP contribution in [0.5, 0.6) is 0 Å². The predicted octanol–water partition coefficient (Wildman–Crippen LogP) is 2.24. The lowest BCUT2D eigenvalue weighted by atomic mass is 10.1. The average Bonchev–Trinajstić information content (AvgIpc) is 2.91. The molecule has 2 aromatic rings. The van der Waals surface area contributed by atoms with Crippen LogP contribution in [0.2, 0.25) is 0 Å². The average molecular weight is 281 g/mol. The van der Waals surface area contributed by atoms with Gasteiger partial charge in [-0.15, -0.1) is 0 Å². The molecule has 0 fully saturated rings. The van der Waals surface area contributed by atoms with Gasteiger partial charge in [0.2, 0.25) is 5.91 Å². The number of anilines is 2. The Morgan fingerprint density at radius 3 is 2.86 bits per heavy atom. The molecular weight excluding hydrogens is 266 g/mol. The zero-order valence-corrected chi connectivity index (χ0v) is 11.7. The molecule has 5 heteroatoms. The van der Waals surface area contributed by atoms with Crippen molar-refractivity contribution < 1.29 is 9.59 Å². The smallest absolute Gasteiger partial charge is 0.257 e. The lowest BCUT2D eigenvalue weighted by molar-refractivity contribution is -0.116. The van der Waals surface area contributed by atoms with Crippen LogP contribution in [-0.4, -0.2) is 23.3 Å². The number of carbonyl (C=O) groups excluding carboxylic acids is 2. The number of hydrogen-bond acceptors (Lipinski definition) is 3. The fraction of sp³-hybridized carbons (Fsp3) is 0.188. The van der Waals surface area contributed by atoms with Gasteiger partial charge in [-0.1, -0.05) is 6.07 Å². The Morgan fingerprint density at radius 2 is 2.14 bits per heavy atom. The molecule has 0 atom stereocenters. The van der Waals surface area contributed by atoms with Crippen LogP contribution in [0.1, 0.15) is 22.8 Å². The van der Waals surface area contributed by atoms with E-state index in [1.807, 2.05) is 18.2 Å². The van der Waals surface area contributed by atoms with Crippen LogP contribution in [0.3, 0.4) is 0 Å². The summed E-state index contributed by atoms with van der Waals surface area (Å²) in [5.74, 6) is -0.195. The predicted molar refractivity (Wildman–Crippen MR) is 80.4 cm³/mol. The highest BCUT2D eigenvalue weighted by Crippen LogP contribution is 2.31. The molecule has 0 unspecified atom stereocenters. The van der Waals surface area contributed by atoms with Crippen molar-refractivity contribution in [2.24, 2.45) is 0 Å². The van der Waals surface area contributed by atoms with Crippen molar-refractivity contribution in [1.82, 2.24) is 4.98 Å². The van der Waals surface area contributed by atoms with E-state index in [1.165, 1.54) is 6.20 Å². The quantitative estimate of drug-likeness (QED) is 0.918. The summed E-state index contributed by atoms with van der Waals surface area (Å²) in [7, 11) is 0. The van der Waals surface area contributed by atoms with E-state index in [2.05, 4.69) is 10.3 Å². The van der Waals surface area contributed by atoms with Crippen molar-refractivity contribution in [1.29, 1.82) is 0 Å². The molecule has 21 heavy (non-hydrogen) atoms. The number of rotatable bonds is 2. The summed E-state index contributed by atoms with van der Waals surface area (Å²) in [6.07, 6.45) is 3.99. The fourth-order valence-corrected chi connectivity index (χ4v) is 2.48. The molecule has 0 saturated heterocycles. The summed E-state index contributed by atoms with van der Waals surface area (Å²) in [5.41, 5.74) is 3.19. The van der Waals surface area contributed by atoms with E-state index in [1.54, 1.807) is 30.2 Å². The van der Waals surface area contributed by atoms with Crippen molar-refractivity contribution in [3.63, 3.8) is 0 Å². The number of benzene rings is 1. The second-order valence-corrected chi connectivity index (χ2v) is 4.96. The van der Waals surface area contributed by atoms with Crippen molar-refractivity contribution in [2.45, 2.75) is 13.3 Å². The molecule has 1 aromatic carbocycles. The highest BCUT2D eigenvalue weighted by atomic mass is 16.2. The third-order valence-electron chi connectivity index (χ3n) is 3.54. The summed E-state index contributed by atoms with van der Waals surface area (Å²) in [4.78, 5) is 29.4. The van der Waals surface area contributed by atoms with Gasteiger partial charge in [0.1, 0.15) is 0 Å². The molecule has 1 aliphatic heterocycles. The second kappa shape index (κ2) is 5.36. The molecule has 2 heterocycles. The van der Waals surface area contributed by atoms with E-state index in [4.69, 9.17) is 0 Å². The first-order chi connectivity index (χ1) is 10.1. The van der Waals surface area contributed by atoms with Gasteiger partial charge in [-0.3, -0.25) is 14.6 Å². The highest BCUT2D eigenvalue weighted by molar-refractivity contribution is 6.04. The molecule has 1 aliphatic rings. The third-order valence-corrected chi connectivity index (χ3v) is 3.54.